The van der Waals surface area contributed by atoms with Crippen LogP contribution in [-0.4, -0.2) is 18.4 Å². The van der Waals surface area contributed by atoms with Gasteiger partial charge in [-0.15, -0.1) is 0 Å². The smallest absolute Gasteiger partial charge is 0.119 e. The largest absolute Gasteiger partial charge is 0.492 e. The van der Waals surface area contributed by atoms with Gasteiger partial charge in [0.25, 0.3) is 0 Å². The van der Waals surface area contributed by atoms with E-state index in [2.05, 4.69) is 56.1 Å². The Kier molecular flexibility index (Phi) is 5.36. The predicted octanol–water partition coefficient (Wildman–Crippen LogP) is 4.09. The highest BCUT2D eigenvalue weighted by Crippen LogP contribution is 2.13. The van der Waals surface area contributed by atoms with Gasteiger partial charge in [0, 0.05) is 12.2 Å². The van der Waals surface area contributed by atoms with Crippen molar-refractivity contribution in [3.8, 4) is 5.75 Å². The van der Waals surface area contributed by atoms with E-state index in [-0.39, 0.29) is 5.25 Å². The highest BCUT2D eigenvalue weighted by atomic mass is 32.1. The molecule has 0 aromatic heterocycles. The van der Waals surface area contributed by atoms with E-state index in [4.69, 9.17) is 4.74 Å². The van der Waals surface area contributed by atoms with E-state index in [1.165, 1.54) is 11.1 Å². The minimum Gasteiger partial charge on any atom is -0.492 e. The van der Waals surface area contributed by atoms with Gasteiger partial charge >= 0.3 is 0 Å². The summed E-state index contributed by atoms with van der Waals surface area (Å²) in [4.78, 5) is 0. The Balaban J connectivity index is 1.73. The number of thiol groups is 1. The second-order valence-electron chi connectivity index (χ2n) is 5.02. The molecule has 0 bridgehead atoms. The van der Waals surface area contributed by atoms with E-state index in [1.807, 2.05) is 24.3 Å². The first-order valence-corrected chi connectivity index (χ1v) is 7.33. The molecule has 0 heterocycles. The molecule has 3 heteroatoms. The van der Waals surface area contributed by atoms with Crippen LogP contribution in [0.1, 0.15) is 11.1 Å². The van der Waals surface area contributed by atoms with Gasteiger partial charge in [0.2, 0.25) is 0 Å². The summed E-state index contributed by atoms with van der Waals surface area (Å²) in [5, 5.41) is 3.51. The predicted molar refractivity (Wildman–Crippen MR) is 89.1 cm³/mol. The van der Waals surface area contributed by atoms with Crippen LogP contribution in [0.4, 0.5) is 5.69 Å². The van der Waals surface area contributed by atoms with E-state index >= 15 is 0 Å². The van der Waals surface area contributed by atoms with Gasteiger partial charge in [0.1, 0.15) is 12.4 Å². The third-order valence-electron chi connectivity index (χ3n) is 3.06. The lowest BCUT2D eigenvalue weighted by molar-refractivity contribution is 0.320. The molecule has 0 fully saturated rings. The topological polar surface area (TPSA) is 21.3 Å². The summed E-state index contributed by atoms with van der Waals surface area (Å²) >= 11 is 4.54. The Bertz CT molecular complexity index is 472. The third-order valence-corrected chi connectivity index (χ3v) is 3.39. The average Bonchev–Trinajstić information content (AvgIpc) is 2.46. The standard InChI is InChI=1S/C17H21NOS/c1-13-3-7-15(8-4-13)18-11-17(20)12-19-16-9-5-14(2)6-10-16/h3-10,17-18,20H,11-12H2,1-2H3. The molecule has 0 aliphatic rings. The van der Waals surface area contributed by atoms with Gasteiger partial charge in [-0.25, -0.2) is 0 Å². The molecule has 106 valence electrons. The van der Waals surface area contributed by atoms with Crippen molar-refractivity contribution in [1.82, 2.24) is 0 Å². The zero-order valence-electron chi connectivity index (χ0n) is 12.0. The van der Waals surface area contributed by atoms with Crippen LogP contribution in [0.15, 0.2) is 48.5 Å². The highest BCUT2D eigenvalue weighted by molar-refractivity contribution is 7.81. The number of anilines is 1. The van der Waals surface area contributed by atoms with Crippen LogP contribution in [-0.2, 0) is 0 Å². The Morgan fingerprint density at radius 1 is 0.950 bits per heavy atom. The molecule has 0 aliphatic carbocycles. The molecule has 1 N–H and O–H groups in total. The van der Waals surface area contributed by atoms with Crippen LogP contribution in [0.3, 0.4) is 0 Å². The van der Waals surface area contributed by atoms with Crippen molar-refractivity contribution < 1.29 is 4.74 Å². The van der Waals surface area contributed by atoms with Crippen molar-refractivity contribution in [2.75, 3.05) is 18.5 Å². The number of hydrogen-bond donors (Lipinski definition) is 2. The molecule has 0 spiro atoms. The summed E-state index contributed by atoms with van der Waals surface area (Å²) in [6.45, 7) is 5.51. The Hall–Kier alpha value is -1.61. The van der Waals surface area contributed by atoms with E-state index in [0.717, 1.165) is 18.0 Å². The van der Waals surface area contributed by atoms with Gasteiger partial charge in [0.05, 0.1) is 5.25 Å². The number of ether oxygens (including phenoxy) is 1. The molecule has 0 saturated carbocycles. The summed E-state index contributed by atoms with van der Waals surface area (Å²) < 4.78 is 5.71. The first-order chi connectivity index (χ1) is 9.63. The van der Waals surface area contributed by atoms with E-state index < -0.39 is 0 Å². The van der Waals surface area contributed by atoms with Crippen LogP contribution in [0, 0.1) is 13.8 Å². The zero-order chi connectivity index (χ0) is 14.4. The summed E-state index contributed by atoms with van der Waals surface area (Å²) in [7, 11) is 0. The van der Waals surface area contributed by atoms with Crippen molar-refractivity contribution in [3.63, 3.8) is 0 Å². The molecule has 0 saturated heterocycles. The molecule has 2 nitrogen and oxygen atoms in total. The van der Waals surface area contributed by atoms with Crippen LogP contribution in [0.5, 0.6) is 5.75 Å². The maximum atomic E-state index is 5.71. The normalized spacial score (nSPS) is 11.9. The Morgan fingerprint density at radius 3 is 2.10 bits per heavy atom. The van der Waals surface area contributed by atoms with Gasteiger partial charge in [-0.05, 0) is 38.1 Å². The van der Waals surface area contributed by atoms with Gasteiger partial charge in [-0.3, -0.25) is 0 Å². The number of benzene rings is 2. The minimum atomic E-state index is 0.151. The molecule has 2 rings (SSSR count). The van der Waals surface area contributed by atoms with E-state index in [9.17, 15) is 0 Å². The fourth-order valence-electron chi connectivity index (χ4n) is 1.79. The number of nitrogens with one attached hydrogen (secondary N) is 1. The molecule has 20 heavy (non-hydrogen) atoms. The van der Waals surface area contributed by atoms with E-state index in [1.54, 1.807) is 0 Å². The molecule has 1 unspecified atom stereocenters. The number of hydrogen-bond acceptors (Lipinski definition) is 3. The second-order valence-corrected chi connectivity index (χ2v) is 5.76. The van der Waals surface area contributed by atoms with Crippen molar-refractivity contribution in [2.24, 2.45) is 0 Å². The Labute approximate surface area is 126 Å². The van der Waals surface area contributed by atoms with Crippen molar-refractivity contribution >= 4 is 18.3 Å². The van der Waals surface area contributed by atoms with Crippen molar-refractivity contribution in [1.29, 1.82) is 0 Å². The monoisotopic (exact) mass is 287 g/mol. The molecule has 2 aromatic rings. The van der Waals surface area contributed by atoms with Gasteiger partial charge in [0.15, 0.2) is 0 Å². The van der Waals surface area contributed by atoms with Crippen molar-refractivity contribution in [3.05, 3.63) is 59.7 Å². The molecular weight excluding hydrogens is 266 g/mol. The minimum absolute atomic E-state index is 0.151. The summed E-state index contributed by atoms with van der Waals surface area (Å²) in [5.41, 5.74) is 3.62. The van der Waals surface area contributed by atoms with Gasteiger partial charge in [-0.2, -0.15) is 12.6 Å². The fourth-order valence-corrected chi connectivity index (χ4v) is 1.96. The molecule has 0 radical (unpaired) electrons. The van der Waals surface area contributed by atoms with Crippen LogP contribution >= 0.6 is 12.6 Å². The maximum Gasteiger partial charge on any atom is 0.119 e. The highest BCUT2D eigenvalue weighted by Gasteiger charge is 2.04. The molecule has 2 aromatic carbocycles. The first-order valence-electron chi connectivity index (χ1n) is 6.81. The van der Waals surface area contributed by atoms with E-state index in [0.29, 0.717) is 6.61 Å². The molecule has 1 atom stereocenters. The molecule has 0 aliphatic heterocycles. The number of aryl methyl sites for hydroxylation is 2. The van der Waals surface area contributed by atoms with Crippen LogP contribution < -0.4 is 10.1 Å². The number of rotatable bonds is 6. The summed E-state index contributed by atoms with van der Waals surface area (Å²) in [6.07, 6.45) is 0. The lowest BCUT2D eigenvalue weighted by Gasteiger charge is -2.14. The zero-order valence-corrected chi connectivity index (χ0v) is 12.9. The quantitative estimate of drug-likeness (QED) is 0.781. The molecular formula is C17H21NOS. The summed E-state index contributed by atoms with van der Waals surface area (Å²) in [5.74, 6) is 0.894. The van der Waals surface area contributed by atoms with Gasteiger partial charge < -0.3 is 10.1 Å². The van der Waals surface area contributed by atoms with Crippen molar-refractivity contribution in [2.45, 2.75) is 19.1 Å². The fraction of sp³-hybridized carbons (Fsp3) is 0.294. The lowest BCUT2D eigenvalue weighted by atomic mass is 10.2. The van der Waals surface area contributed by atoms with Crippen LogP contribution in [0.25, 0.3) is 0 Å². The average molecular weight is 287 g/mol. The lowest BCUT2D eigenvalue weighted by Crippen LogP contribution is -2.21. The SMILES string of the molecule is Cc1ccc(NCC(S)COc2ccc(C)cc2)cc1. The maximum absolute atomic E-state index is 5.71. The Morgan fingerprint density at radius 2 is 1.50 bits per heavy atom. The third kappa shape index (κ3) is 4.82. The van der Waals surface area contributed by atoms with Gasteiger partial charge in [-0.1, -0.05) is 35.4 Å². The van der Waals surface area contributed by atoms with Crippen LogP contribution in [0.2, 0.25) is 0 Å². The molecule has 0 amide bonds. The first kappa shape index (κ1) is 14.8. The summed E-state index contributed by atoms with van der Waals surface area (Å²) in [6, 6.07) is 16.4. The second kappa shape index (κ2) is 7.25.